The van der Waals surface area contributed by atoms with Crippen molar-refractivity contribution in [3.63, 3.8) is 0 Å². The van der Waals surface area contributed by atoms with Crippen LogP contribution in [0.3, 0.4) is 0 Å². The van der Waals surface area contributed by atoms with Crippen molar-refractivity contribution in [3.8, 4) is 0 Å². The van der Waals surface area contributed by atoms with Crippen LogP contribution in [0.1, 0.15) is 27.2 Å². The summed E-state index contributed by atoms with van der Waals surface area (Å²) in [7, 11) is 0. The van der Waals surface area contributed by atoms with E-state index in [1.165, 1.54) is 0 Å². The molecule has 0 aliphatic carbocycles. The van der Waals surface area contributed by atoms with Crippen LogP contribution in [0.4, 0.5) is 0 Å². The molecule has 0 heteroatoms. The molecule has 0 aromatic rings. The van der Waals surface area contributed by atoms with Gasteiger partial charge in [-0.1, -0.05) is 25.2 Å². The Balaban J connectivity index is 0. The highest BCUT2D eigenvalue weighted by Crippen LogP contribution is 1.66. The van der Waals surface area contributed by atoms with Gasteiger partial charge < -0.3 is 0 Å². The Labute approximate surface area is 52.9 Å². The summed E-state index contributed by atoms with van der Waals surface area (Å²) in [6, 6.07) is 0. The lowest BCUT2D eigenvalue weighted by atomic mass is 10.5. The molecular formula is C8H16. The molecule has 0 aromatic heterocycles. The van der Waals surface area contributed by atoms with Crippen LogP contribution in [0.2, 0.25) is 0 Å². The molecule has 0 saturated heterocycles. The van der Waals surface area contributed by atoms with E-state index in [-0.39, 0.29) is 0 Å². The van der Waals surface area contributed by atoms with Crippen LogP contribution in [-0.2, 0) is 0 Å². The molecule has 0 radical (unpaired) electrons. The van der Waals surface area contributed by atoms with Gasteiger partial charge in [-0.3, -0.25) is 0 Å². The smallest absolute Gasteiger partial charge is 0.0382 e. The fraction of sp³-hybridized carbons (Fsp3) is 0.500. The normalized spacial score (nSPS) is 7.88. The Bertz CT molecular complexity index is 47.1. The van der Waals surface area contributed by atoms with Crippen molar-refractivity contribution in [1.29, 1.82) is 0 Å². The van der Waals surface area contributed by atoms with Crippen LogP contribution < -0.4 is 0 Å². The molecule has 0 amide bonds. The molecule has 0 saturated carbocycles. The summed E-state index contributed by atoms with van der Waals surface area (Å²) < 4.78 is 0. The molecule has 0 bridgehead atoms. The minimum Gasteiger partial charge on any atom is -0.103 e. The summed E-state index contributed by atoms with van der Waals surface area (Å²) in [6.07, 6.45) is 6.96. The van der Waals surface area contributed by atoms with E-state index in [2.05, 4.69) is 13.5 Å². The predicted octanol–water partition coefficient (Wildman–Crippen LogP) is 3.16. The van der Waals surface area contributed by atoms with Crippen LogP contribution >= 0.6 is 0 Å². The quantitative estimate of drug-likeness (QED) is 0.457. The third-order valence-corrected chi connectivity index (χ3v) is 0.622. The van der Waals surface area contributed by atoms with Gasteiger partial charge in [-0.2, -0.15) is 0 Å². The van der Waals surface area contributed by atoms with Gasteiger partial charge in [-0.05, 0) is 20.3 Å². The van der Waals surface area contributed by atoms with Crippen molar-refractivity contribution in [1.82, 2.24) is 0 Å². The molecule has 0 aliphatic rings. The molecule has 0 aromatic carbocycles. The second kappa shape index (κ2) is 16.1. The first-order valence-corrected chi connectivity index (χ1v) is 3.01. The lowest BCUT2D eigenvalue weighted by Gasteiger charge is -1.57. The maximum absolute atomic E-state index is 3.48. The molecule has 0 atom stereocenters. The van der Waals surface area contributed by atoms with Gasteiger partial charge in [0.1, 0.15) is 0 Å². The lowest BCUT2D eigenvalue weighted by molar-refractivity contribution is 1.23. The van der Waals surface area contributed by atoms with Gasteiger partial charge in [0, 0.05) is 0 Å². The van der Waals surface area contributed by atoms with Crippen molar-refractivity contribution in [3.05, 3.63) is 24.8 Å². The number of hydrogen-bond acceptors (Lipinski definition) is 0. The molecule has 0 heterocycles. The molecule has 0 fully saturated rings. The summed E-state index contributed by atoms with van der Waals surface area (Å²) in [5, 5.41) is 0. The SMILES string of the molecule is C/C=C\C.C=CCC. The molecule has 0 N–H and O–H groups in total. The highest BCUT2D eigenvalue weighted by molar-refractivity contribution is 4.68. The van der Waals surface area contributed by atoms with Crippen LogP contribution in [0.25, 0.3) is 0 Å². The summed E-state index contributed by atoms with van der Waals surface area (Å²) >= 11 is 0. The predicted molar refractivity (Wildman–Crippen MR) is 41.0 cm³/mol. The van der Waals surface area contributed by atoms with Gasteiger partial charge in [0.15, 0.2) is 0 Å². The molecule has 48 valence electrons. The summed E-state index contributed by atoms with van der Waals surface area (Å²) in [5.74, 6) is 0. The topological polar surface area (TPSA) is 0 Å². The average Bonchev–Trinajstić information content (AvgIpc) is 1.88. The van der Waals surface area contributed by atoms with Crippen LogP contribution in [-0.4, -0.2) is 0 Å². The first-order chi connectivity index (χ1) is 3.83. The minimum atomic E-state index is 1.08. The number of rotatable bonds is 1. The zero-order valence-corrected chi connectivity index (χ0v) is 6.15. The Kier molecular flexibility index (Phi) is 21.0. The van der Waals surface area contributed by atoms with Crippen LogP contribution in [0.5, 0.6) is 0 Å². The van der Waals surface area contributed by atoms with E-state index in [0.717, 1.165) is 6.42 Å². The lowest BCUT2D eigenvalue weighted by Crippen LogP contribution is -1.36. The van der Waals surface area contributed by atoms with Crippen LogP contribution in [0.15, 0.2) is 24.8 Å². The van der Waals surface area contributed by atoms with Gasteiger partial charge in [0.05, 0.1) is 0 Å². The second-order valence-corrected chi connectivity index (χ2v) is 1.36. The minimum absolute atomic E-state index is 1.08. The molecule has 0 spiro atoms. The Morgan fingerprint density at radius 1 is 1.25 bits per heavy atom. The summed E-state index contributed by atoms with van der Waals surface area (Å²) in [6.45, 7) is 9.54. The van der Waals surface area contributed by atoms with Crippen LogP contribution in [0, 0.1) is 0 Å². The van der Waals surface area contributed by atoms with Crippen molar-refractivity contribution >= 4 is 0 Å². The van der Waals surface area contributed by atoms with E-state index in [1.54, 1.807) is 0 Å². The van der Waals surface area contributed by atoms with E-state index in [0.29, 0.717) is 0 Å². The molecule has 8 heavy (non-hydrogen) atoms. The molecule has 0 unspecified atom stereocenters. The van der Waals surface area contributed by atoms with Gasteiger partial charge in [0.2, 0.25) is 0 Å². The zero-order valence-electron chi connectivity index (χ0n) is 6.15. The van der Waals surface area contributed by atoms with Gasteiger partial charge in [0.25, 0.3) is 0 Å². The van der Waals surface area contributed by atoms with E-state index < -0.39 is 0 Å². The van der Waals surface area contributed by atoms with Crippen molar-refractivity contribution < 1.29 is 0 Å². The summed E-state index contributed by atoms with van der Waals surface area (Å²) in [4.78, 5) is 0. The molecule has 0 aliphatic heterocycles. The summed E-state index contributed by atoms with van der Waals surface area (Å²) in [5.41, 5.74) is 0. The zero-order chi connectivity index (χ0) is 6.83. The maximum atomic E-state index is 3.48. The van der Waals surface area contributed by atoms with Gasteiger partial charge in [-0.15, -0.1) is 6.58 Å². The Morgan fingerprint density at radius 3 is 1.50 bits per heavy atom. The number of allylic oxidation sites excluding steroid dienone is 3. The van der Waals surface area contributed by atoms with Gasteiger partial charge >= 0.3 is 0 Å². The van der Waals surface area contributed by atoms with E-state index >= 15 is 0 Å². The third-order valence-electron chi connectivity index (χ3n) is 0.622. The van der Waals surface area contributed by atoms with Crippen molar-refractivity contribution in [2.45, 2.75) is 27.2 Å². The molecule has 0 rings (SSSR count). The highest BCUT2D eigenvalue weighted by Gasteiger charge is 1.45. The highest BCUT2D eigenvalue weighted by atomic mass is 13.5. The maximum Gasteiger partial charge on any atom is -0.0382 e. The fourth-order valence-electron chi connectivity index (χ4n) is 0. The van der Waals surface area contributed by atoms with Gasteiger partial charge in [-0.25, -0.2) is 0 Å². The monoisotopic (exact) mass is 112 g/mol. The molecule has 0 nitrogen and oxygen atoms in total. The second-order valence-electron chi connectivity index (χ2n) is 1.36. The average molecular weight is 112 g/mol. The largest absolute Gasteiger partial charge is 0.103 e. The van der Waals surface area contributed by atoms with E-state index in [1.807, 2.05) is 32.1 Å². The van der Waals surface area contributed by atoms with Crippen molar-refractivity contribution in [2.75, 3.05) is 0 Å². The standard InChI is InChI=1S/2C4H8/c2*1-3-4-2/h3-4H,1-2H3;3H,1,4H2,2H3/b4-3-;. The number of hydrogen-bond donors (Lipinski definition) is 0. The molecular weight excluding hydrogens is 96.1 g/mol. The Hall–Kier alpha value is -0.520. The first kappa shape index (κ1) is 10.5. The first-order valence-electron chi connectivity index (χ1n) is 3.01. The van der Waals surface area contributed by atoms with E-state index in [9.17, 15) is 0 Å². The fourth-order valence-corrected chi connectivity index (χ4v) is 0. The third kappa shape index (κ3) is 50.2. The van der Waals surface area contributed by atoms with Crippen molar-refractivity contribution in [2.24, 2.45) is 0 Å². The van der Waals surface area contributed by atoms with E-state index in [4.69, 9.17) is 0 Å². The Morgan fingerprint density at radius 2 is 1.50 bits per heavy atom.